The van der Waals surface area contributed by atoms with E-state index < -0.39 is 0 Å². The molecular weight excluding hydrogens is 370 g/mol. The van der Waals surface area contributed by atoms with Gasteiger partial charge >= 0.3 is 0 Å². The van der Waals surface area contributed by atoms with E-state index in [1.807, 2.05) is 24.5 Å². The number of pyridine rings is 1. The van der Waals surface area contributed by atoms with Gasteiger partial charge in [-0.1, -0.05) is 30.5 Å². The molecular formula is C18H18ClN5OS. The Morgan fingerprint density at radius 1 is 1.35 bits per heavy atom. The van der Waals surface area contributed by atoms with Crippen LogP contribution in [0.1, 0.15) is 18.9 Å². The summed E-state index contributed by atoms with van der Waals surface area (Å²) in [5, 5.41) is 0.465. The van der Waals surface area contributed by atoms with Gasteiger partial charge in [-0.05, 0) is 24.6 Å². The van der Waals surface area contributed by atoms with Crippen LogP contribution in [0.5, 0.6) is 11.5 Å². The van der Waals surface area contributed by atoms with Crippen LogP contribution < -0.4 is 9.46 Å². The van der Waals surface area contributed by atoms with E-state index in [-0.39, 0.29) is 0 Å². The summed E-state index contributed by atoms with van der Waals surface area (Å²) in [5.74, 6) is 3.78. The van der Waals surface area contributed by atoms with Crippen LogP contribution in [0, 0.1) is 0 Å². The Morgan fingerprint density at radius 2 is 2.27 bits per heavy atom. The first-order chi connectivity index (χ1) is 12.8. The topological polar surface area (TPSA) is 62.1 Å². The SMILES string of the molecule is CCCSNc1nccc(Oc2ccc3c(c2)C2=NCCN2C=N3)c1Cl. The molecule has 0 saturated carbocycles. The third-order valence-corrected chi connectivity index (χ3v) is 5.29. The van der Waals surface area contributed by atoms with Crippen LogP contribution in [0.25, 0.3) is 0 Å². The zero-order valence-corrected chi connectivity index (χ0v) is 15.8. The second-order valence-corrected chi connectivity index (χ2v) is 7.13. The maximum Gasteiger partial charge on any atom is 0.158 e. The Labute approximate surface area is 161 Å². The number of fused-ring (bicyclic) bond motifs is 3. The highest BCUT2D eigenvalue weighted by Crippen LogP contribution is 2.37. The van der Waals surface area contributed by atoms with Gasteiger partial charge in [0, 0.05) is 30.1 Å². The van der Waals surface area contributed by atoms with Crippen molar-refractivity contribution in [2.75, 3.05) is 23.6 Å². The molecule has 0 fully saturated rings. The number of aromatic nitrogens is 1. The van der Waals surface area contributed by atoms with Crippen LogP contribution in [0.15, 0.2) is 40.4 Å². The van der Waals surface area contributed by atoms with Crippen LogP contribution in [0.2, 0.25) is 5.02 Å². The lowest BCUT2D eigenvalue weighted by atomic mass is 10.1. The summed E-state index contributed by atoms with van der Waals surface area (Å²) in [4.78, 5) is 15.4. The summed E-state index contributed by atoms with van der Waals surface area (Å²) in [5.41, 5.74) is 1.87. The van der Waals surface area contributed by atoms with Gasteiger partial charge in [0.05, 0.1) is 18.6 Å². The lowest BCUT2D eigenvalue weighted by Crippen LogP contribution is -2.29. The first kappa shape index (κ1) is 17.2. The minimum Gasteiger partial charge on any atom is -0.456 e. The average molecular weight is 388 g/mol. The van der Waals surface area contributed by atoms with Crippen molar-refractivity contribution in [2.45, 2.75) is 13.3 Å². The number of benzene rings is 1. The first-order valence-electron chi connectivity index (χ1n) is 8.46. The second kappa shape index (κ2) is 7.55. The molecule has 1 N–H and O–H groups in total. The molecule has 134 valence electrons. The Bertz CT molecular complexity index is 886. The molecule has 0 saturated heterocycles. The Balaban J connectivity index is 1.58. The molecule has 3 heterocycles. The quantitative estimate of drug-likeness (QED) is 0.573. The van der Waals surface area contributed by atoms with Crippen molar-refractivity contribution in [3.8, 4) is 11.5 Å². The standard InChI is InChI=1S/C18H18ClN5OS/c1-2-9-26-23-17-16(19)15(5-6-20-17)25-12-3-4-14-13(10-12)18-21-7-8-24(18)11-22-14/h3-6,10-11H,2,7-9H2,1H3,(H,20,23). The van der Waals surface area contributed by atoms with Gasteiger partial charge < -0.3 is 14.4 Å². The van der Waals surface area contributed by atoms with Crippen LogP contribution >= 0.6 is 23.5 Å². The molecule has 2 aromatic rings. The number of ether oxygens (including phenoxy) is 1. The summed E-state index contributed by atoms with van der Waals surface area (Å²) in [6.07, 6.45) is 4.59. The Kier molecular flexibility index (Phi) is 4.99. The van der Waals surface area contributed by atoms with Gasteiger partial charge in [-0.2, -0.15) is 0 Å². The zero-order valence-electron chi connectivity index (χ0n) is 14.3. The van der Waals surface area contributed by atoms with Gasteiger partial charge in [0.1, 0.15) is 16.6 Å². The molecule has 1 aromatic carbocycles. The summed E-state index contributed by atoms with van der Waals surface area (Å²) >= 11 is 8.03. The number of amidine groups is 1. The lowest BCUT2D eigenvalue weighted by molar-refractivity contribution is 0.482. The molecule has 0 amide bonds. The molecule has 4 rings (SSSR count). The van der Waals surface area contributed by atoms with E-state index >= 15 is 0 Å². The molecule has 0 atom stereocenters. The van der Waals surface area contributed by atoms with Gasteiger partial charge in [-0.3, -0.25) is 4.99 Å². The molecule has 0 radical (unpaired) electrons. The lowest BCUT2D eigenvalue weighted by Gasteiger charge is -2.21. The fourth-order valence-corrected chi connectivity index (χ4v) is 3.59. The van der Waals surface area contributed by atoms with Gasteiger partial charge in [-0.25, -0.2) is 9.98 Å². The summed E-state index contributed by atoms with van der Waals surface area (Å²) in [7, 11) is 0. The van der Waals surface area contributed by atoms with E-state index in [1.165, 1.54) is 0 Å². The first-order valence-corrected chi connectivity index (χ1v) is 9.82. The predicted octanol–water partition coefficient (Wildman–Crippen LogP) is 4.73. The molecule has 2 aliphatic rings. The second-order valence-electron chi connectivity index (χ2n) is 5.85. The van der Waals surface area contributed by atoms with Crippen LogP contribution in [-0.4, -0.2) is 40.9 Å². The number of nitrogens with zero attached hydrogens (tertiary/aromatic N) is 4. The average Bonchev–Trinajstić information content (AvgIpc) is 3.14. The van der Waals surface area contributed by atoms with Gasteiger partial charge in [-0.15, -0.1) is 0 Å². The normalized spacial score (nSPS) is 14.7. The molecule has 0 aliphatic carbocycles. The molecule has 0 spiro atoms. The van der Waals surface area contributed by atoms with Crippen LogP contribution in [0.3, 0.4) is 0 Å². The van der Waals surface area contributed by atoms with Crippen molar-refractivity contribution in [1.82, 2.24) is 9.88 Å². The van der Waals surface area contributed by atoms with E-state index in [2.05, 4.69) is 31.5 Å². The minimum absolute atomic E-state index is 0.465. The highest BCUT2D eigenvalue weighted by atomic mass is 35.5. The van der Waals surface area contributed by atoms with E-state index in [0.717, 1.165) is 42.3 Å². The monoisotopic (exact) mass is 387 g/mol. The molecule has 0 bridgehead atoms. The molecule has 0 unspecified atom stereocenters. The number of anilines is 1. The van der Waals surface area contributed by atoms with Gasteiger partial charge in [0.2, 0.25) is 0 Å². The van der Waals surface area contributed by atoms with Gasteiger partial charge in [0.25, 0.3) is 0 Å². The molecule has 6 nitrogen and oxygen atoms in total. The van der Waals surface area contributed by atoms with Crippen molar-refractivity contribution in [2.24, 2.45) is 9.98 Å². The maximum atomic E-state index is 6.45. The Hall–Kier alpha value is -2.25. The van der Waals surface area contributed by atoms with Crippen molar-refractivity contribution < 1.29 is 4.74 Å². The number of hydrogen-bond acceptors (Lipinski definition) is 7. The predicted molar refractivity (Wildman–Crippen MR) is 108 cm³/mol. The highest BCUT2D eigenvalue weighted by Gasteiger charge is 2.24. The fraction of sp³-hybridized carbons (Fsp3) is 0.278. The number of nitrogens with one attached hydrogen (secondary N) is 1. The molecule has 26 heavy (non-hydrogen) atoms. The van der Waals surface area contributed by atoms with Crippen LogP contribution in [-0.2, 0) is 0 Å². The number of aliphatic imine (C=N–C) groups is 2. The van der Waals surface area contributed by atoms with E-state index in [0.29, 0.717) is 22.3 Å². The molecule has 1 aromatic heterocycles. The summed E-state index contributed by atoms with van der Waals surface area (Å²) in [6, 6.07) is 7.54. The largest absolute Gasteiger partial charge is 0.456 e. The smallest absolute Gasteiger partial charge is 0.158 e. The van der Waals surface area contributed by atoms with E-state index in [4.69, 9.17) is 16.3 Å². The molecule has 8 heteroatoms. The minimum atomic E-state index is 0.465. The van der Waals surface area contributed by atoms with Crippen LogP contribution in [0.4, 0.5) is 11.5 Å². The summed E-state index contributed by atoms with van der Waals surface area (Å²) < 4.78 is 9.19. The van der Waals surface area contributed by atoms with Crippen molar-refractivity contribution in [1.29, 1.82) is 0 Å². The van der Waals surface area contributed by atoms with Crippen molar-refractivity contribution in [3.05, 3.63) is 41.0 Å². The van der Waals surface area contributed by atoms with E-state index in [9.17, 15) is 0 Å². The summed E-state index contributed by atoms with van der Waals surface area (Å²) in [6.45, 7) is 3.77. The van der Waals surface area contributed by atoms with Gasteiger partial charge in [0.15, 0.2) is 11.6 Å². The zero-order chi connectivity index (χ0) is 17.9. The van der Waals surface area contributed by atoms with Crippen molar-refractivity contribution >= 4 is 47.2 Å². The fourth-order valence-electron chi connectivity index (χ4n) is 2.74. The van der Waals surface area contributed by atoms with Crippen molar-refractivity contribution in [3.63, 3.8) is 0 Å². The number of rotatable bonds is 6. The number of halogens is 1. The Morgan fingerprint density at radius 3 is 3.15 bits per heavy atom. The van der Waals surface area contributed by atoms with E-state index in [1.54, 1.807) is 24.2 Å². The highest BCUT2D eigenvalue weighted by molar-refractivity contribution is 8.00. The number of hydrogen-bond donors (Lipinski definition) is 1. The maximum absolute atomic E-state index is 6.45. The molecule has 2 aliphatic heterocycles. The third kappa shape index (κ3) is 3.37. The third-order valence-electron chi connectivity index (χ3n) is 3.98.